The molecular weight excluding hydrogens is 216 g/mol. The van der Waals surface area contributed by atoms with Crippen molar-refractivity contribution in [2.75, 3.05) is 13.1 Å². The molecule has 0 atom stereocenters. The Hall–Kier alpha value is -2.00. The third kappa shape index (κ3) is 5.04. The van der Waals surface area contributed by atoms with E-state index in [1.165, 1.54) is 0 Å². The highest BCUT2D eigenvalue weighted by Gasteiger charge is 2.03. The summed E-state index contributed by atoms with van der Waals surface area (Å²) in [6.07, 6.45) is 1.61. The van der Waals surface area contributed by atoms with Gasteiger partial charge in [0.15, 0.2) is 0 Å². The maximum Gasteiger partial charge on any atom is 0.251 e. The number of unbranched alkanes of at least 4 members (excludes halogenated alkanes) is 1. The Morgan fingerprint density at radius 3 is 3.00 bits per heavy atom. The zero-order valence-electron chi connectivity index (χ0n) is 9.89. The fourth-order valence-electron chi connectivity index (χ4n) is 1.44. The minimum Gasteiger partial charge on any atom is -0.352 e. The molecule has 0 aliphatic rings. The fraction of sp³-hybridized carbons (Fsp3) is 0.417. The standard InChI is InChI=1S/C12H16N4O/c1-10-5-4-6-11(9-10)12(17)14-7-2-3-8-15-16-13/h4-6,9H,2-3,7-8H2,1H3,(H,14,17). The van der Waals surface area contributed by atoms with Crippen LogP contribution < -0.4 is 5.32 Å². The van der Waals surface area contributed by atoms with Gasteiger partial charge in [0.25, 0.3) is 5.91 Å². The van der Waals surface area contributed by atoms with Crippen molar-refractivity contribution < 1.29 is 4.79 Å². The second-order valence-electron chi connectivity index (χ2n) is 3.79. The first-order valence-corrected chi connectivity index (χ1v) is 5.60. The van der Waals surface area contributed by atoms with E-state index >= 15 is 0 Å². The van der Waals surface area contributed by atoms with E-state index in [0.717, 1.165) is 18.4 Å². The van der Waals surface area contributed by atoms with Crippen LogP contribution in [0.2, 0.25) is 0 Å². The van der Waals surface area contributed by atoms with Crippen molar-refractivity contribution in [1.29, 1.82) is 0 Å². The Morgan fingerprint density at radius 2 is 2.29 bits per heavy atom. The van der Waals surface area contributed by atoms with Crippen LogP contribution in [0.5, 0.6) is 0 Å². The normalized spacial score (nSPS) is 9.47. The molecule has 0 aliphatic carbocycles. The number of azide groups is 1. The predicted molar refractivity (Wildman–Crippen MR) is 66.8 cm³/mol. The molecule has 1 aromatic rings. The van der Waals surface area contributed by atoms with Crippen molar-refractivity contribution >= 4 is 5.91 Å². The Balaban J connectivity index is 2.28. The lowest BCUT2D eigenvalue weighted by Gasteiger charge is -2.05. The van der Waals surface area contributed by atoms with E-state index in [4.69, 9.17) is 5.53 Å². The van der Waals surface area contributed by atoms with E-state index in [9.17, 15) is 4.79 Å². The summed E-state index contributed by atoms with van der Waals surface area (Å²) in [6, 6.07) is 7.47. The van der Waals surface area contributed by atoms with Crippen molar-refractivity contribution in [2.45, 2.75) is 19.8 Å². The smallest absolute Gasteiger partial charge is 0.251 e. The average molecular weight is 232 g/mol. The number of carbonyl (C=O) groups is 1. The van der Waals surface area contributed by atoms with E-state index in [1.807, 2.05) is 25.1 Å². The van der Waals surface area contributed by atoms with Crippen LogP contribution in [-0.4, -0.2) is 19.0 Å². The predicted octanol–water partition coefficient (Wildman–Crippen LogP) is 2.82. The first kappa shape index (κ1) is 13.1. The Kier molecular flexibility index (Phi) is 5.61. The van der Waals surface area contributed by atoms with Crippen LogP contribution in [0.3, 0.4) is 0 Å². The Bertz CT molecular complexity index is 424. The van der Waals surface area contributed by atoms with Gasteiger partial charge in [-0.05, 0) is 37.4 Å². The van der Waals surface area contributed by atoms with E-state index in [2.05, 4.69) is 15.3 Å². The lowest BCUT2D eigenvalue weighted by molar-refractivity contribution is 0.0953. The van der Waals surface area contributed by atoms with Gasteiger partial charge in [0.1, 0.15) is 0 Å². The summed E-state index contributed by atoms with van der Waals surface area (Å²) in [6.45, 7) is 3.04. The molecule has 0 radical (unpaired) electrons. The van der Waals surface area contributed by atoms with Gasteiger partial charge in [-0.3, -0.25) is 4.79 Å². The van der Waals surface area contributed by atoms with Crippen molar-refractivity contribution in [2.24, 2.45) is 5.11 Å². The molecule has 0 saturated heterocycles. The number of hydrogen-bond donors (Lipinski definition) is 1. The molecule has 5 nitrogen and oxygen atoms in total. The molecule has 0 heterocycles. The van der Waals surface area contributed by atoms with Crippen LogP contribution in [0, 0.1) is 6.92 Å². The SMILES string of the molecule is Cc1cccc(C(=O)NCCCCN=[N+]=[N-])c1. The molecule has 0 bridgehead atoms. The van der Waals surface area contributed by atoms with Gasteiger partial charge >= 0.3 is 0 Å². The molecule has 1 aromatic carbocycles. The van der Waals surface area contributed by atoms with Crippen molar-refractivity contribution in [3.8, 4) is 0 Å². The number of amides is 1. The first-order chi connectivity index (χ1) is 8.24. The zero-order valence-corrected chi connectivity index (χ0v) is 9.89. The third-order valence-electron chi connectivity index (χ3n) is 2.31. The molecule has 0 fully saturated rings. The topological polar surface area (TPSA) is 77.9 Å². The minimum atomic E-state index is -0.0579. The summed E-state index contributed by atoms with van der Waals surface area (Å²) in [5, 5.41) is 6.26. The molecule has 1 amide bonds. The average Bonchev–Trinajstić information content (AvgIpc) is 2.33. The van der Waals surface area contributed by atoms with Crippen LogP contribution in [0.1, 0.15) is 28.8 Å². The fourth-order valence-corrected chi connectivity index (χ4v) is 1.44. The Morgan fingerprint density at radius 1 is 1.47 bits per heavy atom. The van der Waals surface area contributed by atoms with Crippen LogP contribution in [0.4, 0.5) is 0 Å². The van der Waals surface area contributed by atoms with Gasteiger partial charge < -0.3 is 5.32 Å². The summed E-state index contributed by atoms with van der Waals surface area (Å²) < 4.78 is 0. The molecule has 90 valence electrons. The lowest BCUT2D eigenvalue weighted by Crippen LogP contribution is -2.24. The number of carbonyl (C=O) groups excluding carboxylic acids is 1. The van der Waals surface area contributed by atoms with E-state index in [-0.39, 0.29) is 5.91 Å². The van der Waals surface area contributed by atoms with Gasteiger partial charge in [-0.25, -0.2) is 0 Å². The molecule has 5 heteroatoms. The minimum absolute atomic E-state index is 0.0579. The number of aryl methyl sites for hydroxylation is 1. The highest BCUT2D eigenvalue weighted by molar-refractivity contribution is 5.94. The number of nitrogens with one attached hydrogen (secondary N) is 1. The van der Waals surface area contributed by atoms with Gasteiger partial charge in [-0.1, -0.05) is 22.8 Å². The second kappa shape index (κ2) is 7.30. The summed E-state index contributed by atoms with van der Waals surface area (Å²) in [5.74, 6) is -0.0579. The Labute approximate surface area is 100 Å². The molecule has 17 heavy (non-hydrogen) atoms. The lowest BCUT2D eigenvalue weighted by atomic mass is 10.1. The monoisotopic (exact) mass is 232 g/mol. The van der Waals surface area contributed by atoms with Gasteiger partial charge in [0.2, 0.25) is 0 Å². The van der Waals surface area contributed by atoms with E-state index in [0.29, 0.717) is 18.7 Å². The number of hydrogen-bond acceptors (Lipinski definition) is 2. The van der Waals surface area contributed by atoms with E-state index < -0.39 is 0 Å². The van der Waals surface area contributed by atoms with Gasteiger partial charge in [0, 0.05) is 23.6 Å². The zero-order chi connectivity index (χ0) is 12.5. The highest BCUT2D eigenvalue weighted by Crippen LogP contribution is 2.03. The van der Waals surface area contributed by atoms with Crippen molar-refractivity contribution in [1.82, 2.24) is 5.32 Å². The first-order valence-electron chi connectivity index (χ1n) is 5.60. The molecular formula is C12H16N4O. The molecule has 0 spiro atoms. The van der Waals surface area contributed by atoms with E-state index in [1.54, 1.807) is 6.07 Å². The van der Waals surface area contributed by atoms with Gasteiger partial charge in [-0.15, -0.1) is 0 Å². The molecule has 1 rings (SSSR count). The van der Waals surface area contributed by atoms with Crippen LogP contribution >= 0.6 is 0 Å². The summed E-state index contributed by atoms with van der Waals surface area (Å²) in [4.78, 5) is 14.4. The van der Waals surface area contributed by atoms with Crippen molar-refractivity contribution in [3.63, 3.8) is 0 Å². The molecule has 0 aromatic heterocycles. The number of rotatable bonds is 6. The maximum absolute atomic E-state index is 11.7. The third-order valence-corrected chi connectivity index (χ3v) is 2.31. The second-order valence-corrected chi connectivity index (χ2v) is 3.79. The van der Waals surface area contributed by atoms with Gasteiger partial charge in [-0.2, -0.15) is 0 Å². The number of benzene rings is 1. The van der Waals surface area contributed by atoms with Gasteiger partial charge in [0.05, 0.1) is 0 Å². The van der Waals surface area contributed by atoms with Crippen LogP contribution in [-0.2, 0) is 0 Å². The molecule has 0 unspecified atom stereocenters. The molecule has 0 saturated carbocycles. The molecule has 0 aliphatic heterocycles. The highest BCUT2D eigenvalue weighted by atomic mass is 16.1. The molecule has 1 N–H and O–H groups in total. The summed E-state index contributed by atoms with van der Waals surface area (Å²) in [7, 11) is 0. The van der Waals surface area contributed by atoms with Crippen LogP contribution in [0.15, 0.2) is 29.4 Å². The summed E-state index contributed by atoms with van der Waals surface area (Å²) >= 11 is 0. The largest absolute Gasteiger partial charge is 0.352 e. The summed E-state index contributed by atoms with van der Waals surface area (Å²) in [5.41, 5.74) is 9.83. The van der Waals surface area contributed by atoms with Crippen LogP contribution in [0.25, 0.3) is 10.4 Å². The number of nitrogens with zero attached hydrogens (tertiary/aromatic N) is 3. The maximum atomic E-state index is 11.7. The van der Waals surface area contributed by atoms with Crippen molar-refractivity contribution in [3.05, 3.63) is 45.8 Å². The quantitative estimate of drug-likeness (QED) is 0.348.